The minimum Gasteiger partial charge on any atom is -0.392 e. The van der Waals surface area contributed by atoms with Gasteiger partial charge in [-0.05, 0) is 57.3 Å². The molecule has 0 radical (unpaired) electrons. The highest BCUT2D eigenvalue weighted by atomic mass is 16.3. The number of benzene rings is 1. The number of aliphatic hydroxyl groups excluding tert-OH is 1. The van der Waals surface area contributed by atoms with E-state index < -0.39 is 0 Å². The fourth-order valence-corrected chi connectivity index (χ4v) is 3.92. The Balaban J connectivity index is 1.70. The van der Waals surface area contributed by atoms with E-state index in [1.54, 1.807) is 0 Å². The zero-order chi connectivity index (χ0) is 17.8. The molecule has 1 aromatic carbocycles. The van der Waals surface area contributed by atoms with Crippen LogP contribution in [0.5, 0.6) is 0 Å². The molecule has 2 heterocycles. The van der Waals surface area contributed by atoms with E-state index in [1.807, 2.05) is 6.92 Å². The number of β-amino-alcohol motifs (C(OH)–C–C–N with tert-alkyl or cyclic N) is 1. The van der Waals surface area contributed by atoms with Gasteiger partial charge in [0.05, 0.1) is 11.6 Å². The summed E-state index contributed by atoms with van der Waals surface area (Å²) in [7, 11) is 2.21. The minimum absolute atomic E-state index is 0.227. The van der Waals surface area contributed by atoms with E-state index in [0.717, 1.165) is 43.8 Å². The second-order valence-corrected chi connectivity index (χ2v) is 7.48. The Morgan fingerprint density at radius 1 is 1.28 bits per heavy atom. The van der Waals surface area contributed by atoms with Crippen LogP contribution in [0.3, 0.4) is 0 Å². The molecule has 4 nitrogen and oxygen atoms in total. The number of piperidine rings is 1. The highest BCUT2D eigenvalue weighted by molar-refractivity contribution is 5.91. The van der Waals surface area contributed by atoms with Gasteiger partial charge in [-0.2, -0.15) is 0 Å². The Labute approximate surface area is 151 Å². The molecule has 1 fully saturated rings. The van der Waals surface area contributed by atoms with E-state index >= 15 is 0 Å². The summed E-state index contributed by atoms with van der Waals surface area (Å²) in [5.41, 5.74) is 3.55. The standard InChI is InChI=1S/C21H31N3O/c1-4-18-13-21(19-7-5-6-8-20(19)22-18)23(3)15-17-9-11-24(12-10-17)14-16(2)25/h5-8,13,16-17,25H,4,9-12,14-15H2,1-3H3. The van der Waals surface area contributed by atoms with Crippen LogP contribution in [-0.2, 0) is 6.42 Å². The highest BCUT2D eigenvalue weighted by Crippen LogP contribution is 2.28. The monoisotopic (exact) mass is 341 g/mol. The summed E-state index contributed by atoms with van der Waals surface area (Å²) in [4.78, 5) is 9.57. The summed E-state index contributed by atoms with van der Waals surface area (Å²) in [6, 6.07) is 10.7. The SMILES string of the molecule is CCc1cc(N(C)CC2CCN(CC(C)O)CC2)c2ccccc2n1. The summed E-state index contributed by atoms with van der Waals surface area (Å²) in [6.45, 7) is 8.12. The van der Waals surface area contributed by atoms with E-state index in [2.05, 4.69) is 54.1 Å². The molecule has 0 saturated carbocycles. The van der Waals surface area contributed by atoms with Crippen LogP contribution < -0.4 is 4.90 Å². The summed E-state index contributed by atoms with van der Waals surface area (Å²) >= 11 is 0. The van der Waals surface area contributed by atoms with Crippen LogP contribution in [0.15, 0.2) is 30.3 Å². The van der Waals surface area contributed by atoms with Gasteiger partial charge in [0, 0.05) is 36.9 Å². The molecule has 0 amide bonds. The molecule has 1 aliphatic heterocycles. The average Bonchev–Trinajstić information content (AvgIpc) is 2.61. The van der Waals surface area contributed by atoms with Crippen molar-refractivity contribution in [2.75, 3.05) is 38.1 Å². The Morgan fingerprint density at radius 2 is 2.00 bits per heavy atom. The Morgan fingerprint density at radius 3 is 2.68 bits per heavy atom. The number of hydrogen-bond acceptors (Lipinski definition) is 4. The molecular weight excluding hydrogens is 310 g/mol. The number of aryl methyl sites for hydroxylation is 1. The maximum absolute atomic E-state index is 9.56. The van der Waals surface area contributed by atoms with Crippen molar-refractivity contribution in [2.24, 2.45) is 5.92 Å². The number of likely N-dealkylation sites (tertiary alicyclic amines) is 1. The molecule has 3 rings (SSSR count). The molecule has 1 N–H and O–H groups in total. The van der Waals surface area contributed by atoms with Gasteiger partial charge in [-0.3, -0.25) is 4.98 Å². The Kier molecular flexibility index (Phi) is 5.92. The van der Waals surface area contributed by atoms with Crippen molar-refractivity contribution < 1.29 is 5.11 Å². The molecule has 0 aliphatic carbocycles. The number of para-hydroxylation sites is 1. The van der Waals surface area contributed by atoms with Gasteiger partial charge in [-0.15, -0.1) is 0 Å². The third-order valence-corrected chi connectivity index (χ3v) is 5.28. The lowest BCUT2D eigenvalue weighted by molar-refractivity contribution is 0.101. The molecule has 2 aromatic rings. The number of fused-ring (bicyclic) bond motifs is 1. The predicted molar refractivity (Wildman–Crippen MR) is 105 cm³/mol. The van der Waals surface area contributed by atoms with Crippen LogP contribution in [0.1, 0.15) is 32.4 Å². The second-order valence-electron chi connectivity index (χ2n) is 7.48. The van der Waals surface area contributed by atoms with Crippen LogP contribution in [0, 0.1) is 5.92 Å². The Hall–Kier alpha value is -1.65. The van der Waals surface area contributed by atoms with Gasteiger partial charge in [0.1, 0.15) is 0 Å². The van der Waals surface area contributed by atoms with Crippen molar-refractivity contribution in [2.45, 2.75) is 39.2 Å². The summed E-state index contributed by atoms with van der Waals surface area (Å²) in [6.07, 6.45) is 3.15. The Bertz CT molecular complexity index is 693. The predicted octanol–water partition coefficient (Wildman–Crippen LogP) is 3.33. The lowest BCUT2D eigenvalue weighted by Gasteiger charge is -2.35. The fraction of sp³-hybridized carbons (Fsp3) is 0.571. The third kappa shape index (κ3) is 4.50. The van der Waals surface area contributed by atoms with Gasteiger partial charge in [0.15, 0.2) is 0 Å². The lowest BCUT2D eigenvalue weighted by Crippen LogP contribution is -2.40. The van der Waals surface area contributed by atoms with Crippen molar-refractivity contribution in [3.05, 3.63) is 36.0 Å². The molecule has 0 spiro atoms. The van der Waals surface area contributed by atoms with Crippen molar-refractivity contribution in [1.29, 1.82) is 0 Å². The maximum atomic E-state index is 9.56. The smallest absolute Gasteiger partial charge is 0.0726 e. The first-order chi connectivity index (χ1) is 12.1. The van der Waals surface area contributed by atoms with Crippen molar-refractivity contribution in [3.8, 4) is 0 Å². The van der Waals surface area contributed by atoms with Gasteiger partial charge in [0.25, 0.3) is 0 Å². The third-order valence-electron chi connectivity index (χ3n) is 5.28. The minimum atomic E-state index is -0.227. The fourth-order valence-electron chi connectivity index (χ4n) is 3.92. The zero-order valence-corrected chi connectivity index (χ0v) is 15.8. The largest absolute Gasteiger partial charge is 0.392 e. The number of pyridine rings is 1. The molecule has 136 valence electrons. The maximum Gasteiger partial charge on any atom is 0.0726 e. The van der Waals surface area contributed by atoms with Crippen LogP contribution >= 0.6 is 0 Å². The van der Waals surface area contributed by atoms with E-state index in [-0.39, 0.29) is 6.10 Å². The first-order valence-corrected chi connectivity index (χ1v) is 9.57. The number of aliphatic hydroxyl groups is 1. The van der Waals surface area contributed by atoms with Gasteiger partial charge < -0.3 is 14.9 Å². The lowest BCUT2D eigenvalue weighted by atomic mass is 9.95. The topological polar surface area (TPSA) is 39.6 Å². The molecule has 1 aliphatic rings. The number of nitrogens with zero attached hydrogens (tertiary/aromatic N) is 3. The van der Waals surface area contributed by atoms with E-state index in [1.165, 1.54) is 23.9 Å². The molecule has 25 heavy (non-hydrogen) atoms. The average molecular weight is 341 g/mol. The first-order valence-electron chi connectivity index (χ1n) is 9.57. The summed E-state index contributed by atoms with van der Waals surface area (Å²) in [5, 5.41) is 10.8. The highest BCUT2D eigenvalue weighted by Gasteiger charge is 2.22. The van der Waals surface area contributed by atoms with Crippen molar-refractivity contribution in [1.82, 2.24) is 9.88 Å². The van der Waals surface area contributed by atoms with Crippen molar-refractivity contribution in [3.63, 3.8) is 0 Å². The first kappa shape index (κ1) is 18.2. The zero-order valence-electron chi connectivity index (χ0n) is 15.8. The van der Waals surface area contributed by atoms with Gasteiger partial charge in [-0.25, -0.2) is 0 Å². The van der Waals surface area contributed by atoms with E-state index in [4.69, 9.17) is 4.98 Å². The van der Waals surface area contributed by atoms with E-state index in [9.17, 15) is 5.11 Å². The molecule has 4 heteroatoms. The normalized spacial score (nSPS) is 17.8. The van der Waals surface area contributed by atoms with E-state index in [0.29, 0.717) is 5.92 Å². The van der Waals surface area contributed by atoms with Crippen LogP contribution in [-0.4, -0.2) is 54.3 Å². The second kappa shape index (κ2) is 8.15. The van der Waals surface area contributed by atoms with Crippen LogP contribution in [0.4, 0.5) is 5.69 Å². The molecule has 0 bridgehead atoms. The molecule has 1 unspecified atom stereocenters. The van der Waals surface area contributed by atoms with Crippen LogP contribution in [0.25, 0.3) is 10.9 Å². The van der Waals surface area contributed by atoms with Crippen molar-refractivity contribution >= 4 is 16.6 Å². The summed E-state index contributed by atoms with van der Waals surface area (Å²) < 4.78 is 0. The van der Waals surface area contributed by atoms with Crippen LogP contribution in [0.2, 0.25) is 0 Å². The summed E-state index contributed by atoms with van der Waals surface area (Å²) in [5.74, 6) is 0.715. The van der Waals surface area contributed by atoms with Gasteiger partial charge in [0.2, 0.25) is 0 Å². The molecule has 1 atom stereocenters. The number of rotatable bonds is 6. The number of aromatic nitrogens is 1. The van der Waals surface area contributed by atoms with Gasteiger partial charge in [-0.1, -0.05) is 25.1 Å². The number of anilines is 1. The quantitative estimate of drug-likeness (QED) is 0.875. The number of hydrogen-bond donors (Lipinski definition) is 1. The molecule has 1 aromatic heterocycles. The van der Waals surface area contributed by atoms with Gasteiger partial charge >= 0.3 is 0 Å². The molecular formula is C21H31N3O. The molecule has 1 saturated heterocycles.